The molecule has 3 nitrogen and oxygen atoms in total. The molecule has 0 radical (unpaired) electrons. The molecule has 0 aromatic rings. The average molecular weight is 144 g/mol. The van der Waals surface area contributed by atoms with Crippen molar-refractivity contribution in [3.63, 3.8) is 0 Å². The van der Waals surface area contributed by atoms with Gasteiger partial charge in [-0.1, -0.05) is 13.8 Å². The monoisotopic (exact) mass is 144 g/mol. The van der Waals surface area contributed by atoms with Crippen molar-refractivity contribution in [3.8, 4) is 0 Å². The Labute approximate surface area is 60.0 Å². The van der Waals surface area contributed by atoms with Gasteiger partial charge < -0.3 is 9.90 Å². The zero-order valence-electron chi connectivity index (χ0n) is 6.20. The molecule has 2 unspecified atom stereocenters. The molecule has 1 N–H and O–H groups in total. The maximum atomic E-state index is 10.3. The van der Waals surface area contributed by atoms with E-state index in [1.165, 1.54) is 0 Å². The predicted octanol–water partition coefficient (Wildman–Crippen LogP) is 0.932. The molecular weight excluding hydrogens is 132 g/mol. The lowest BCUT2D eigenvalue weighted by Crippen LogP contribution is -2.18. The minimum atomic E-state index is -0.839. The zero-order chi connectivity index (χ0) is 8.15. The van der Waals surface area contributed by atoms with Crippen molar-refractivity contribution in [1.29, 1.82) is 0 Å². The Hall–Kier alpha value is -0.860. The number of hydrogen-bond acceptors (Lipinski definition) is 2. The summed E-state index contributed by atoms with van der Waals surface area (Å²) in [5, 5.41) is 8.46. The lowest BCUT2D eigenvalue weighted by Gasteiger charge is -2.11. The second kappa shape index (κ2) is 4.04. The Morgan fingerprint density at radius 1 is 1.60 bits per heavy atom. The van der Waals surface area contributed by atoms with E-state index >= 15 is 0 Å². The van der Waals surface area contributed by atoms with Crippen LogP contribution in [-0.4, -0.2) is 17.4 Å². The summed E-state index contributed by atoms with van der Waals surface area (Å²) in [6, 6.07) is 0. The van der Waals surface area contributed by atoms with Crippen molar-refractivity contribution in [2.75, 3.05) is 0 Å². The highest BCUT2D eigenvalue weighted by Gasteiger charge is 2.18. The number of carboxylic acid groups (broad SMARTS) is 1. The first-order valence-electron chi connectivity index (χ1n) is 3.26. The molecule has 0 aliphatic carbocycles. The van der Waals surface area contributed by atoms with Crippen LogP contribution in [-0.2, 0) is 9.59 Å². The summed E-state index contributed by atoms with van der Waals surface area (Å²) in [7, 11) is 0. The van der Waals surface area contributed by atoms with Gasteiger partial charge in [0.15, 0.2) is 0 Å². The van der Waals surface area contributed by atoms with Crippen molar-refractivity contribution in [3.05, 3.63) is 0 Å². The highest BCUT2D eigenvalue weighted by atomic mass is 16.4. The Bertz CT molecular complexity index is 131. The van der Waals surface area contributed by atoms with Gasteiger partial charge in [0, 0.05) is 6.42 Å². The Morgan fingerprint density at radius 2 is 2.10 bits per heavy atom. The molecule has 0 rings (SSSR count). The highest BCUT2D eigenvalue weighted by Crippen LogP contribution is 2.12. The predicted molar refractivity (Wildman–Crippen MR) is 36.6 cm³/mol. The van der Waals surface area contributed by atoms with Gasteiger partial charge in [0.25, 0.3) is 0 Å². The molecule has 0 saturated carbocycles. The Kier molecular flexibility index (Phi) is 3.69. The van der Waals surface area contributed by atoms with Crippen LogP contribution in [0.1, 0.15) is 20.3 Å². The van der Waals surface area contributed by atoms with E-state index in [-0.39, 0.29) is 5.92 Å². The van der Waals surface area contributed by atoms with Crippen LogP contribution >= 0.6 is 0 Å². The molecule has 0 aliphatic heterocycles. The van der Waals surface area contributed by atoms with Gasteiger partial charge in [-0.2, -0.15) is 0 Å². The van der Waals surface area contributed by atoms with Crippen LogP contribution < -0.4 is 0 Å². The Balaban J connectivity index is 3.80. The molecule has 0 bridgehead atoms. The fraction of sp³-hybridized carbons (Fsp3) is 0.714. The van der Waals surface area contributed by atoms with Gasteiger partial charge in [-0.05, 0) is 5.92 Å². The summed E-state index contributed by atoms with van der Waals surface area (Å²) >= 11 is 0. The van der Waals surface area contributed by atoms with Crippen LogP contribution in [0.25, 0.3) is 0 Å². The third-order valence-electron chi connectivity index (χ3n) is 1.71. The van der Waals surface area contributed by atoms with Gasteiger partial charge >= 0.3 is 5.97 Å². The van der Waals surface area contributed by atoms with Gasteiger partial charge in [0.1, 0.15) is 6.29 Å². The zero-order valence-corrected chi connectivity index (χ0v) is 6.20. The second-order valence-electron chi connectivity index (χ2n) is 2.51. The third kappa shape index (κ3) is 2.62. The minimum Gasteiger partial charge on any atom is -0.481 e. The van der Waals surface area contributed by atoms with Gasteiger partial charge in [-0.15, -0.1) is 0 Å². The molecule has 0 saturated heterocycles. The van der Waals surface area contributed by atoms with Crippen LogP contribution in [0.4, 0.5) is 0 Å². The van der Waals surface area contributed by atoms with Crippen LogP contribution in [0.3, 0.4) is 0 Å². The third-order valence-corrected chi connectivity index (χ3v) is 1.71. The van der Waals surface area contributed by atoms with Crippen molar-refractivity contribution >= 4 is 12.3 Å². The van der Waals surface area contributed by atoms with Crippen LogP contribution in [0.2, 0.25) is 0 Å². The number of aldehydes is 1. The lowest BCUT2D eigenvalue weighted by molar-refractivity contribution is -0.142. The fourth-order valence-electron chi connectivity index (χ4n) is 0.599. The summed E-state index contributed by atoms with van der Waals surface area (Å²) in [6.45, 7) is 3.36. The highest BCUT2D eigenvalue weighted by molar-refractivity contribution is 5.70. The van der Waals surface area contributed by atoms with Crippen molar-refractivity contribution in [2.45, 2.75) is 20.3 Å². The maximum absolute atomic E-state index is 10.3. The normalized spacial score (nSPS) is 15.8. The topological polar surface area (TPSA) is 54.4 Å². The number of rotatable bonds is 4. The van der Waals surface area contributed by atoms with Gasteiger partial charge in [-0.25, -0.2) is 0 Å². The lowest BCUT2D eigenvalue weighted by atomic mass is 9.94. The van der Waals surface area contributed by atoms with Crippen LogP contribution in [0.5, 0.6) is 0 Å². The Morgan fingerprint density at radius 3 is 2.40 bits per heavy atom. The molecule has 0 aliphatic rings. The molecule has 10 heavy (non-hydrogen) atoms. The van der Waals surface area contributed by atoms with E-state index in [4.69, 9.17) is 5.11 Å². The molecule has 0 spiro atoms. The number of carbonyl (C=O) groups excluding carboxylic acids is 1. The van der Waals surface area contributed by atoms with E-state index in [2.05, 4.69) is 0 Å². The van der Waals surface area contributed by atoms with E-state index in [0.717, 1.165) is 6.29 Å². The smallest absolute Gasteiger partial charge is 0.306 e. The van der Waals surface area contributed by atoms with Crippen LogP contribution in [0, 0.1) is 11.8 Å². The molecule has 0 aromatic carbocycles. The average Bonchev–Trinajstić information content (AvgIpc) is 1.87. The van der Waals surface area contributed by atoms with Gasteiger partial charge in [0.05, 0.1) is 5.92 Å². The molecule has 0 fully saturated rings. The SMILES string of the molecule is CC(CC=O)C(C)C(=O)O. The first kappa shape index (κ1) is 9.14. The van der Waals surface area contributed by atoms with E-state index in [1.54, 1.807) is 13.8 Å². The number of hydrogen-bond donors (Lipinski definition) is 1. The molecular formula is C7H12O3. The molecule has 0 aromatic heterocycles. The largest absolute Gasteiger partial charge is 0.481 e. The molecule has 0 heterocycles. The summed E-state index contributed by atoms with van der Waals surface area (Å²) in [6.07, 6.45) is 1.08. The summed E-state index contributed by atoms with van der Waals surface area (Å²) in [4.78, 5) is 20.2. The second-order valence-corrected chi connectivity index (χ2v) is 2.51. The number of aliphatic carboxylic acids is 1. The number of carbonyl (C=O) groups is 2. The first-order chi connectivity index (χ1) is 4.59. The van der Waals surface area contributed by atoms with Gasteiger partial charge in [0.2, 0.25) is 0 Å². The summed E-state index contributed by atoms with van der Waals surface area (Å²) < 4.78 is 0. The van der Waals surface area contributed by atoms with E-state index < -0.39 is 11.9 Å². The maximum Gasteiger partial charge on any atom is 0.306 e. The minimum absolute atomic E-state index is 0.0602. The van der Waals surface area contributed by atoms with Gasteiger partial charge in [-0.3, -0.25) is 4.79 Å². The standard InChI is InChI=1S/C7H12O3/c1-5(3-4-8)6(2)7(9)10/h4-6H,3H2,1-2H3,(H,9,10). The summed E-state index contributed by atoms with van der Waals surface area (Å²) in [5.74, 6) is -1.32. The van der Waals surface area contributed by atoms with Crippen LogP contribution in [0.15, 0.2) is 0 Å². The van der Waals surface area contributed by atoms with Crippen molar-refractivity contribution in [1.82, 2.24) is 0 Å². The van der Waals surface area contributed by atoms with E-state index in [1.807, 2.05) is 0 Å². The van der Waals surface area contributed by atoms with Crippen molar-refractivity contribution < 1.29 is 14.7 Å². The molecule has 3 heteroatoms. The molecule has 0 amide bonds. The number of carboxylic acids is 1. The van der Waals surface area contributed by atoms with E-state index in [0.29, 0.717) is 6.42 Å². The quantitative estimate of drug-likeness (QED) is 0.597. The fourth-order valence-corrected chi connectivity index (χ4v) is 0.599. The molecule has 58 valence electrons. The molecule has 2 atom stereocenters. The first-order valence-corrected chi connectivity index (χ1v) is 3.26. The van der Waals surface area contributed by atoms with Crippen molar-refractivity contribution in [2.24, 2.45) is 11.8 Å². The summed E-state index contributed by atoms with van der Waals surface area (Å²) in [5.41, 5.74) is 0. The van der Waals surface area contributed by atoms with E-state index in [9.17, 15) is 9.59 Å².